The van der Waals surface area contributed by atoms with Gasteiger partial charge in [-0.05, 0) is 38.0 Å². The first-order valence-corrected chi connectivity index (χ1v) is 5.12. The molecular formula is C11H18O2. The van der Waals surface area contributed by atoms with Crippen molar-refractivity contribution >= 4 is 12.1 Å². The molecule has 0 N–H and O–H groups in total. The minimum absolute atomic E-state index is 0.275. The van der Waals surface area contributed by atoms with E-state index >= 15 is 0 Å². The zero-order valence-corrected chi connectivity index (χ0v) is 8.34. The summed E-state index contributed by atoms with van der Waals surface area (Å²) in [4.78, 5) is 21.1. The summed E-state index contributed by atoms with van der Waals surface area (Å²) in [5, 5.41) is 0. The second-order valence-electron chi connectivity index (χ2n) is 4.26. The molecule has 1 aliphatic carbocycles. The Bertz CT molecular complexity index is 192. The molecule has 2 nitrogen and oxygen atoms in total. The molecule has 1 rings (SSSR count). The summed E-state index contributed by atoms with van der Waals surface area (Å²) in [7, 11) is 0. The maximum atomic E-state index is 10.8. The second kappa shape index (κ2) is 4.54. The molecule has 1 aliphatic rings. The number of aldehydes is 1. The molecular weight excluding hydrogens is 164 g/mol. The zero-order valence-electron chi connectivity index (χ0n) is 8.34. The van der Waals surface area contributed by atoms with Crippen LogP contribution >= 0.6 is 0 Å². The molecule has 0 atom stereocenters. The third-order valence-corrected chi connectivity index (χ3v) is 3.21. The van der Waals surface area contributed by atoms with Gasteiger partial charge in [-0.15, -0.1) is 0 Å². The monoisotopic (exact) mass is 182 g/mol. The highest BCUT2D eigenvalue weighted by Crippen LogP contribution is 2.48. The summed E-state index contributed by atoms with van der Waals surface area (Å²) in [5.41, 5.74) is 0.354. The maximum Gasteiger partial charge on any atom is 0.129 e. The van der Waals surface area contributed by atoms with Gasteiger partial charge < -0.3 is 9.59 Å². The molecule has 0 aromatic heterocycles. The van der Waals surface area contributed by atoms with E-state index in [4.69, 9.17) is 0 Å². The predicted octanol–water partition coefficient (Wildman–Crippen LogP) is 2.51. The molecule has 0 amide bonds. The average Bonchev–Trinajstić information content (AvgIpc) is 2.02. The highest BCUT2D eigenvalue weighted by molar-refractivity contribution is 5.75. The lowest BCUT2D eigenvalue weighted by Gasteiger charge is -2.42. The normalized spacial score (nSPS) is 19.2. The number of carbonyl (C=O) groups is 2. The molecule has 1 fully saturated rings. The number of Topliss-reactive ketones (excluding diaryl/α,β-unsaturated/α-hetero) is 1. The van der Waals surface area contributed by atoms with Crippen molar-refractivity contribution in [2.45, 2.75) is 51.9 Å². The lowest BCUT2D eigenvalue weighted by Crippen LogP contribution is -2.29. The standard InChI is InChI=1S/C11H18O2/c1-10(13)4-8-11(5-2-6-11)7-3-9-12/h9H,2-8H2,1H3. The molecule has 0 aromatic rings. The van der Waals surface area contributed by atoms with Crippen molar-refractivity contribution in [3.63, 3.8) is 0 Å². The van der Waals surface area contributed by atoms with Crippen LogP contribution in [0.25, 0.3) is 0 Å². The fourth-order valence-electron chi connectivity index (χ4n) is 2.11. The molecule has 0 aliphatic heterocycles. The lowest BCUT2D eigenvalue weighted by molar-refractivity contribution is -0.118. The van der Waals surface area contributed by atoms with E-state index in [9.17, 15) is 9.59 Å². The Morgan fingerprint density at radius 2 is 2.08 bits per heavy atom. The van der Waals surface area contributed by atoms with Crippen molar-refractivity contribution in [1.82, 2.24) is 0 Å². The first-order chi connectivity index (χ1) is 6.18. The minimum atomic E-state index is 0.275. The fraction of sp³-hybridized carbons (Fsp3) is 0.818. The average molecular weight is 182 g/mol. The Balaban J connectivity index is 2.31. The summed E-state index contributed by atoms with van der Waals surface area (Å²) in [5.74, 6) is 0.275. The molecule has 74 valence electrons. The van der Waals surface area contributed by atoms with Gasteiger partial charge in [0.1, 0.15) is 12.1 Å². The van der Waals surface area contributed by atoms with E-state index in [-0.39, 0.29) is 5.78 Å². The molecule has 0 unspecified atom stereocenters. The zero-order chi connectivity index (χ0) is 9.73. The van der Waals surface area contributed by atoms with Crippen molar-refractivity contribution in [2.75, 3.05) is 0 Å². The molecule has 2 heteroatoms. The summed E-state index contributed by atoms with van der Waals surface area (Å²) in [6, 6.07) is 0. The van der Waals surface area contributed by atoms with Crippen molar-refractivity contribution < 1.29 is 9.59 Å². The first-order valence-electron chi connectivity index (χ1n) is 5.12. The highest BCUT2D eigenvalue weighted by atomic mass is 16.1. The van der Waals surface area contributed by atoms with E-state index in [0.29, 0.717) is 18.3 Å². The number of hydrogen-bond acceptors (Lipinski definition) is 2. The van der Waals surface area contributed by atoms with Gasteiger partial charge in [-0.3, -0.25) is 0 Å². The van der Waals surface area contributed by atoms with Crippen molar-refractivity contribution in [3.8, 4) is 0 Å². The van der Waals surface area contributed by atoms with Gasteiger partial charge in [0.05, 0.1) is 0 Å². The van der Waals surface area contributed by atoms with E-state index in [1.807, 2.05) is 0 Å². The molecule has 0 aromatic carbocycles. The van der Waals surface area contributed by atoms with Crippen molar-refractivity contribution in [2.24, 2.45) is 5.41 Å². The Labute approximate surface area is 79.7 Å². The number of carbonyl (C=O) groups excluding carboxylic acids is 2. The largest absolute Gasteiger partial charge is 0.303 e. The van der Waals surface area contributed by atoms with Crippen LogP contribution < -0.4 is 0 Å². The van der Waals surface area contributed by atoms with Crippen LogP contribution in [0.2, 0.25) is 0 Å². The fourth-order valence-corrected chi connectivity index (χ4v) is 2.11. The van der Waals surface area contributed by atoms with Crippen molar-refractivity contribution in [1.29, 1.82) is 0 Å². The Kier molecular flexibility index (Phi) is 3.64. The molecule has 0 radical (unpaired) electrons. The smallest absolute Gasteiger partial charge is 0.129 e. The van der Waals surface area contributed by atoms with E-state index in [0.717, 1.165) is 19.1 Å². The molecule has 0 saturated heterocycles. The van der Waals surface area contributed by atoms with Crippen LogP contribution in [0.4, 0.5) is 0 Å². The SMILES string of the molecule is CC(=O)CCC1(CCC=O)CCC1. The van der Waals surface area contributed by atoms with E-state index < -0.39 is 0 Å². The Hall–Kier alpha value is -0.660. The third kappa shape index (κ3) is 2.94. The lowest BCUT2D eigenvalue weighted by atomic mass is 9.63. The molecule has 0 spiro atoms. The van der Waals surface area contributed by atoms with E-state index in [2.05, 4.69) is 0 Å². The van der Waals surface area contributed by atoms with Gasteiger partial charge in [0, 0.05) is 12.8 Å². The first kappa shape index (κ1) is 10.4. The van der Waals surface area contributed by atoms with Gasteiger partial charge >= 0.3 is 0 Å². The summed E-state index contributed by atoms with van der Waals surface area (Å²) >= 11 is 0. The van der Waals surface area contributed by atoms with Gasteiger partial charge in [0.2, 0.25) is 0 Å². The van der Waals surface area contributed by atoms with E-state index in [1.54, 1.807) is 6.92 Å². The van der Waals surface area contributed by atoms with Gasteiger partial charge in [-0.1, -0.05) is 6.42 Å². The van der Waals surface area contributed by atoms with Crippen LogP contribution in [0.1, 0.15) is 51.9 Å². The molecule has 13 heavy (non-hydrogen) atoms. The van der Waals surface area contributed by atoms with Crippen LogP contribution in [0.5, 0.6) is 0 Å². The quantitative estimate of drug-likeness (QED) is 0.591. The molecule has 0 heterocycles. The number of hydrogen-bond donors (Lipinski definition) is 0. The minimum Gasteiger partial charge on any atom is -0.303 e. The van der Waals surface area contributed by atoms with Crippen LogP contribution in [0.15, 0.2) is 0 Å². The third-order valence-electron chi connectivity index (χ3n) is 3.21. The Morgan fingerprint density at radius 1 is 1.38 bits per heavy atom. The summed E-state index contributed by atoms with van der Waals surface area (Å²) in [6.45, 7) is 1.64. The topological polar surface area (TPSA) is 34.1 Å². The molecule has 1 saturated carbocycles. The van der Waals surface area contributed by atoms with Crippen molar-refractivity contribution in [3.05, 3.63) is 0 Å². The summed E-state index contributed by atoms with van der Waals surface area (Å²) < 4.78 is 0. The van der Waals surface area contributed by atoms with Crippen LogP contribution in [0, 0.1) is 5.41 Å². The van der Waals surface area contributed by atoms with Gasteiger partial charge in [-0.2, -0.15) is 0 Å². The maximum absolute atomic E-state index is 10.8. The van der Waals surface area contributed by atoms with Crippen LogP contribution in [0.3, 0.4) is 0 Å². The van der Waals surface area contributed by atoms with Crippen LogP contribution in [-0.2, 0) is 9.59 Å². The second-order valence-corrected chi connectivity index (χ2v) is 4.26. The van der Waals surface area contributed by atoms with Crippen LogP contribution in [-0.4, -0.2) is 12.1 Å². The number of ketones is 1. The van der Waals surface area contributed by atoms with Gasteiger partial charge in [0.15, 0.2) is 0 Å². The number of rotatable bonds is 6. The van der Waals surface area contributed by atoms with Gasteiger partial charge in [0.25, 0.3) is 0 Å². The molecule has 0 bridgehead atoms. The predicted molar refractivity (Wildman–Crippen MR) is 51.5 cm³/mol. The van der Waals surface area contributed by atoms with Gasteiger partial charge in [-0.25, -0.2) is 0 Å². The highest BCUT2D eigenvalue weighted by Gasteiger charge is 2.35. The Morgan fingerprint density at radius 3 is 2.46 bits per heavy atom. The summed E-state index contributed by atoms with van der Waals surface area (Å²) in [6.07, 6.45) is 8.05. The van der Waals surface area contributed by atoms with E-state index in [1.165, 1.54) is 19.3 Å².